The molecule has 0 aliphatic rings. The molecule has 5 heteroatoms. The van der Waals surface area contributed by atoms with Crippen molar-refractivity contribution in [1.82, 2.24) is 5.16 Å². The lowest BCUT2D eigenvalue weighted by molar-refractivity contribution is -0.153. The number of hydrogen-bond donors (Lipinski definition) is 1. The molecular formula is C10H15NO4. The monoisotopic (exact) mass is 213 g/mol. The van der Waals surface area contributed by atoms with E-state index in [0.29, 0.717) is 5.76 Å². The number of methoxy groups -OCH3 is 1. The van der Waals surface area contributed by atoms with Crippen LogP contribution in [0, 0.1) is 6.92 Å². The summed E-state index contributed by atoms with van der Waals surface area (Å²) in [7, 11) is 1.36. The Kier molecular flexibility index (Phi) is 3.14. The molecule has 0 saturated carbocycles. The number of nitrogens with zero attached hydrogens (tertiary/aromatic N) is 1. The summed E-state index contributed by atoms with van der Waals surface area (Å²) in [6, 6.07) is 1.72. The largest absolute Gasteiger partial charge is 0.479 e. The van der Waals surface area contributed by atoms with Crippen LogP contribution in [0.3, 0.4) is 0 Å². The maximum Gasteiger partial charge on any atom is 0.333 e. The summed E-state index contributed by atoms with van der Waals surface area (Å²) in [5.41, 5.74) is -0.0275. The van der Waals surface area contributed by atoms with Crippen molar-refractivity contribution in [2.45, 2.75) is 32.3 Å². The van der Waals surface area contributed by atoms with E-state index in [2.05, 4.69) is 5.16 Å². The van der Waals surface area contributed by atoms with Gasteiger partial charge in [0.05, 0.1) is 11.1 Å². The van der Waals surface area contributed by atoms with Gasteiger partial charge in [-0.2, -0.15) is 0 Å². The van der Waals surface area contributed by atoms with E-state index in [-0.39, 0.29) is 0 Å². The van der Waals surface area contributed by atoms with Gasteiger partial charge in [-0.25, -0.2) is 4.79 Å². The van der Waals surface area contributed by atoms with Crippen LogP contribution in [0.1, 0.15) is 25.3 Å². The highest BCUT2D eigenvalue weighted by Crippen LogP contribution is 2.29. The Balaban J connectivity index is 3.04. The highest BCUT2D eigenvalue weighted by Gasteiger charge is 2.40. The topological polar surface area (TPSA) is 72.6 Å². The first-order valence-corrected chi connectivity index (χ1v) is 4.59. The van der Waals surface area contributed by atoms with Crippen LogP contribution in [0.15, 0.2) is 10.6 Å². The van der Waals surface area contributed by atoms with Crippen molar-refractivity contribution in [1.29, 1.82) is 0 Å². The van der Waals surface area contributed by atoms with Crippen LogP contribution in [0.4, 0.5) is 0 Å². The molecule has 0 radical (unpaired) electrons. The van der Waals surface area contributed by atoms with Crippen LogP contribution in [0.2, 0.25) is 0 Å². The smallest absolute Gasteiger partial charge is 0.333 e. The predicted octanol–water partition coefficient (Wildman–Crippen LogP) is 1.36. The van der Waals surface area contributed by atoms with E-state index in [1.807, 2.05) is 0 Å². The highest BCUT2D eigenvalue weighted by atomic mass is 16.5. The summed E-state index contributed by atoms with van der Waals surface area (Å²) in [5, 5.41) is 12.7. The lowest BCUT2D eigenvalue weighted by atomic mass is 9.83. The second kappa shape index (κ2) is 4.02. The summed E-state index contributed by atoms with van der Waals surface area (Å²) in [4.78, 5) is 11.0. The number of ether oxygens (including phenoxy) is 1. The molecule has 1 atom stereocenters. The third kappa shape index (κ3) is 2.18. The van der Waals surface area contributed by atoms with Gasteiger partial charge in [-0.1, -0.05) is 5.16 Å². The van der Waals surface area contributed by atoms with Crippen LogP contribution in [0.5, 0.6) is 0 Å². The first-order chi connectivity index (χ1) is 6.89. The number of aryl methyl sites for hydroxylation is 1. The van der Waals surface area contributed by atoms with Crippen LogP contribution < -0.4 is 0 Å². The minimum absolute atomic E-state index is 0.509. The standard InChI is InChI=1S/C10H15NO4/c1-6-5-7(15-11-6)10(2,3)8(14-4)9(12)13/h5,8H,1-4H3,(H,12,13). The number of carbonyl (C=O) groups is 1. The lowest BCUT2D eigenvalue weighted by Gasteiger charge is -2.27. The summed E-state index contributed by atoms with van der Waals surface area (Å²) >= 11 is 0. The average Bonchev–Trinajstić information content (AvgIpc) is 2.52. The van der Waals surface area contributed by atoms with Crippen LogP contribution in [-0.4, -0.2) is 29.4 Å². The number of aliphatic carboxylic acids is 1. The van der Waals surface area contributed by atoms with E-state index in [1.54, 1.807) is 26.8 Å². The predicted molar refractivity (Wildman–Crippen MR) is 52.7 cm³/mol. The molecule has 0 aliphatic carbocycles. The van der Waals surface area contributed by atoms with E-state index in [1.165, 1.54) is 7.11 Å². The number of carboxylic acids is 1. The third-order valence-corrected chi connectivity index (χ3v) is 2.38. The Morgan fingerprint density at radius 3 is 2.60 bits per heavy atom. The van der Waals surface area contributed by atoms with Crippen molar-refractivity contribution in [2.24, 2.45) is 0 Å². The maximum absolute atomic E-state index is 11.0. The normalized spacial score (nSPS) is 13.9. The van der Waals surface area contributed by atoms with Gasteiger partial charge in [0.1, 0.15) is 5.76 Å². The molecule has 0 bridgehead atoms. The Labute approximate surface area is 88.0 Å². The van der Waals surface area contributed by atoms with Crippen molar-refractivity contribution in [3.05, 3.63) is 17.5 Å². The lowest BCUT2D eigenvalue weighted by Crippen LogP contribution is -2.41. The minimum Gasteiger partial charge on any atom is -0.479 e. The van der Waals surface area contributed by atoms with Gasteiger partial charge >= 0.3 is 5.97 Å². The summed E-state index contributed by atoms with van der Waals surface area (Å²) < 4.78 is 10.0. The molecule has 1 N–H and O–H groups in total. The fourth-order valence-electron chi connectivity index (χ4n) is 1.50. The minimum atomic E-state index is -1.02. The number of aromatic nitrogens is 1. The van der Waals surface area contributed by atoms with Crippen molar-refractivity contribution >= 4 is 5.97 Å². The van der Waals surface area contributed by atoms with Gasteiger partial charge in [-0.3, -0.25) is 0 Å². The first-order valence-electron chi connectivity index (χ1n) is 4.59. The summed E-state index contributed by atoms with van der Waals surface area (Å²) in [6.07, 6.45) is -0.954. The van der Waals surface area contributed by atoms with Crippen molar-refractivity contribution < 1.29 is 19.2 Å². The van der Waals surface area contributed by atoms with Gasteiger partial charge in [-0.05, 0) is 20.8 Å². The summed E-state index contributed by atoms with van der Waals surface area (Å²) in [6.45, 7) is 5.27. The Bertz CT molecular complexity index is 356. The first kappa shape index (κ1) is 11.7. The van der Waals surface area contributed by atoms with Gasteiger partial charge < -0.3 is 14.4 Å². The molecule has 84 valence electrons. The van der Waals surface area contributed by atoms with E-state index in [4.69, 9.17) is 14.4 Å². The van der Waals surface area contributed by atoms with Gasteiger partial charge in [-0.15, -0.1) is 0 Å². The zero-order valence-electron chi connectivity index (χ0n) is 9.27. The second-order valence-corrected chi connectivity index (χ2v) is 4.01. The molecular weight excluding hydrogens is 198 g/mol. The molecule has 1 aromatic rings. The molecule has 0 spiro atoms. The van der Waals surface area contributed by atoms with Crippen LogP contribution >= 0.6 is 0 Å². The fraction of sp³-hybridized carbons (Fsp3) is 0.600. The molecule has 15 heavy (non-hydrogen) atoms. The Morgan fingerprint density at radius 1 is 1.67 bits per heavy atom. The van der Waals surface area contributed by atoms with E-state index in [9.17, 15) is 4.79 Å². The van der Waals surface area contributed by atoms with Gasteiger partial charge in [0.25, 0.3) is 0 Å². The second-order valence-electron chi connectivity index (χ2n) is 4.01. The average molecular weight is 213 g/mol. The van der Waals surface area contributed by atoms with Crippen molar-refractivity contribution in [2.75, 3.05) is 7.11 Å². The van der Waals surface area contributed by atoms with Gasteiger partial charge in [0, 0.05) is 13.2 Å². The molecule has 1 heterocycles. The molecule has 0 aromatic carbocycles. The molecule has 0 amide bonds. The zero-order chi connectivity index (χ0) is 11.6. The molecule has 0 fully saturated rings. The van der Waals surface area contributed by atoms with E-state index >= 15 is 0 Å². The van der Waals surface area contributed by atoms with Crippen LogP contribution in [-0.2, 0) is 14.9 Å². The van der Waals surface area contributed by atoms with E-state index < -0.39 is 17.5 Å². The van der Waals surface area contributed by atoms with Gasteiger partial charge in [0.15, 0.2) is 6.10 Å². The zero-order valence-corrected chi connectivity index (χ0v) is 9.27. The quantitative estimate of drug-likeness (QED) is 0.817. The van der Waals surface area contributed by atoms with Crippen LogP contribution in [0.25, 0.3) is 0 Å². The molecule has 1 rings (SSSR count). The third-order valence-electron chi connectivity index (χ3n) is 2.38. The molecule has 1 aromatic heterocycles. The Morgan fingerprint density at radius 2 is 2.27 bits per heavy atom. The molecule has 1 unspecified atom stereocenters. The number of carboxylic acid groups (broad SMARTS) is 1. The molecule has 0 saturated heterocycles. The number of hydrogen-bond acceptors (Lipinski definition) is 4. The van der Waals surface area contributed by atoms with Crippen molar-refractivity contribution in [3.8, 4) is 0 Å². The maximum atomic E-state index is 11.0. The van der Waals surface area contributed by atoms with Crippen molar-refractivity contribution in [3.63, 3.8) is 0 Å². The molecule has 5 nitrogen and oxygen atoms in total. The fourth-order valence-corrected chi connectivity index (χ4v) is 1.50. The SMILES string of the molecule is COC(C(=O)O)C(C)(C)c1cc(C)no1. The summed E-state index contributed by atoms with van der Waals surface area (Å²) in [5.74, 6) is -0.509. The molecule has 0 aliphatic heterocycles. The Hall–Kier alpha value is -1.36. The van der Waals surface area contributed by atoms with Gasteiger partial charge in [0.2, 0.25) is 0 Å². The highest BCUT2D eigenvalue weighted by molar-refractivity contribution is 5.74. The van der Waals surface area contributed by atoms with E-state index in [0.717, 1.165) is 5.69 Å². The number of rotatable bonds is 4.